The molecular formula is C24H14Br2Cl3NO3S. The van der Waals surface area contributed by atoms with Crippen LogP contribution < -0.4 is 4.74 Å². The van der Waals surface area contributed by atoms with Gasteiger partial charge in [0.1, 0.15) is 12.4 Å². The Hall–Kier alpha value is -1.48. The number of carbonyl (C=O) groups excluding carboxylic acids is 2. The predicted octanol–water partition coefficient (Wildman–Crippen LogP) is 8.99. The number of amides is 2. The van der Waals surface area contributed by atoms with E-state index in [2.05, 4.69) is 31.9 Å². The summed E-state index contributed by atoms with van der Waals surface area (Å²) >= 11 is 26.0. The van der Waals surface area contributed by atoms with Crippen LogP contribution in [0.25, 0.3) is 6.08 Å². The molecule has 0 spiro atoms. The van der Waals surface area contributed by atoms with Crippen molar-refractivity contribution < 1.29 is 14.3 Å². The summed E-state index contributed by atoms with van der Waals surface area (Å²) in [5.41, 5.74) is 2.34. The Morgan fingerprint density at radius 3 is 2.21 bits per heavy atom. The van der Waals surface area contributed by atoms with E-state index in [0.717, 1.165) is 22.9 Å². The lowest BCUT2D eigenvalue weighted by atomic mass is 10.2. The molecule has 0 N–H and O–H groups in total. The Morgan fingerprint density at radius 2 is 1.56 bits per heavy atom. The fraction of sp³-hybridized carbons (Fsp3) is 0.0833. The normalized spacial score (nSPS) is 14.9. The molecule has 0 aliphatic carbocycles. The summed E-state index contributed by atoms with van der Waals surface area (Å²) in [5, 5.41) is 1.19. The Kier molecular flexibility index (Phi) is 8.33. The van der Waals surface area contributed by atoms with E-state index < -0.39 is 0 Å². The Balaban J connectivity index is 1.50. The molecule has 1 fully saturated rings. The minimum Gasteiger partial charge on any atom is -0.487 e. The van der Waals surface area contributed by atoms with Crippen molar-refractivity contribution in [1.29, 1.82) is 0 Å². The largest absolute Gasteiger partial charge is 0.487 e. The summed E-state index contributed by atoms with van der Waals surface area (Å²) in [6, 6.07) is 16.0. The molecule has 1 heterocycles. The highest BCUT2D eigenvalue weighted by atomic mass is 79.9. The van der Waals surface area contributed by atoms with Gasteiger partial charge in [0.25, 0.3) is 11.1 Å². The van der Waals surface area contributed by atoms with E-state index >= 15 is 0 Å². The number of rotatable bonds is 6. The fourth-order valence-corrected chi connectivity index (χ4v) is 6.03. The second-order valence-electron chi connectivity index (χ2n) is 7.23. The molecule has 0 aromatic heterocycles. The molecule has 34 heavy (non-hydrogen) atoms. The van der Waals surface area contributed by atoms with Crippen LogP contribution in [0, 0.1) is 0 Å². The lowest BCUT2D eigenvalue weighted by Gasteiger charge is -2.14. The lowest BCUT2D eigenvalue weighted by Crippen LogP contribution is -2.27. The van der Waals surface area contributed by atoms with Crippen LogP contribution in [-0.2, 0) is 17.9 Å². The smallest absolute Gasteiger partial charge is 0.293 e. The quantitative estimate of drug-likeness (QED) is 0.247. The number of nitrogens with zero attached hydrogens (tertiary/aromatic N) is 1. The second kappa shape index (κ2) is 11.1. The molecule has 1 aliphatic heterocycles. The number of hydrogen-bond acceptors (Lipinski definition) is 4. The molecule has 0 atom stereocenters. The summed E-state index contributed by atoms with van der Waals surface area (Å²) in [7, 11) is 0. The summed E-state index contributed by atoms with van der Waals surface area (Å²) in [4.78, 5) is 26.9. The third-order valence-corrected chi connectivity index (χ3v) is 7.76. The Morgan fingerprint density at radius 1 is 0.912 bits per heavy atom. The first-order valence-corrected chi connectivity index (χ1v) is 13.3. The van der Waals surface area contributed by atoms with Gasteiger partial charge in [-0.15, -0.1) is 0 Å². The molecule has 174 valence electrons. The van der Waals surface area contributed by atoms with Gasteiger partial charge >= 0.3 is 0 Å². The molecule has 0 bridgehead atoms. The van der Waals surface area contributed by atoms with Crippen molar-refractivity contribution in [2.24, 2.45) is 0 Å². The van der Waals surface area contributed by atoms with Gasteiger partial charge < -0.3 is 4.74 Å². The molecule has 4 nitrogen and oxygen atoms in total. The standard InChI is InChI=1S/C24H14Br2Cl3NO3S/c25-18-7-14(8-19(26)22(18)33-12-13-1-4-16(27)5-2-13)9-21-23(31)30(24(32)34-21)11-15-3-6-17(28)10-20(15)29/h1-10H,11-12H2/b21-9-. The first-order chi connectivity index (χ1) is 16.2. The molecule has 3 aromatic rings. The molecule has 0 radical (unpaired) electrons. The van der Waals surface area contributed by atoms with Crippen LogP contribution in [0.1, 0.15) is 16.7 Å². The molecule has 0 unspecified atom stereocenters. The second-order valence-corrected chi connectivity index (χ2v) is 11.2. The fourth-order valence-electron chi connectivity index (χ4n) is 3.14. The van der Waals surface area contributed by atoms with Crippen LogP contribution in [0.15, 0.2) is 68.4 Å². The molecular weight excluding hydrogens is 649 g/mol. The highest BCUT2D eigenvalue weighted by molar-refractivity contribution is 9.11. The van der Waals surface area contributed by atoms with Gasteiger partial charge in [0.15, 0.2) is 0 Å². The zero-order valence-electron chi connectivity index (χ0n) is 17.2. The Labute approximate surface area is 232 Å². The van der Waals surface area contributed by atoms with Crippen LogP contribution in [0.5, 0.6) is 5.75 Å². The van der Waals surface area contributed by atoms with Crippen molar-refractivity contribution in [3.05, 3.63) is 100 Å². The summed E-state index contributed by atoms with van der Waals surface area (Å²) in [6.07, 6.45) is 1.67. The molecule has 1 saturated heterocycles. The van der Waals surface area contributed by atoms with Gasteiger partial charge in [-0.25, -0.2) is 0 Å². The van der Waals surface area contributed by atoms with Gasteiger partial charge in [0, 0.05) is 15.1 Å². The molecule has 1 aliphatic rings. The first kappa shape index (κ1) is 25.6. The highest BCUT2D eigenvalue weighted by Crippen LogP contribution is 2.39. The van der Waals surface area contributed by atoms with Gasteiger partial charge in [-0.3, -0.25) is 14.5 Å². The van der Waals surface area contributed by atoms with Gasteiger partial charge in [-0.1, -0.05) is 53.0 Å². The van der Waals surface area contributed by atoms with Crippen LogP contribution in [0.3, 0.4) is 0 Å². The number of carbonyl (C=O) groups is 2. The minimum absolute atomic E-state index is 0.0723. The number of imide groups is 1. The predicted molar refractivity (Wildman–Crippen MR) is 146 cm³/mol. The van der Waals surface area contributed by atoms with Crippen LogP contribution in [0.4, 0.5) is 4.79 Å². The van der Waals surface area contributed by atoms with Crippen LogP contribution in [-0.4, -0.2) is 16.0 Å². The molecule has 3 aromatic carbocycles. The van der Waals surface area contributed by atoms with Crippen molar-refractivity contribution in [1.82, 2.24) is 4.90 Å². The third kappa shape index (κ3) is 6.01. The number of benzene rings is 3. The number of hydrogen-bond donors (Lipinski definition) is 0. The highest BCUT2D eigenvalue weighted by Gasteiger charge is 2.35. The van der Waals surface area contributed by atoms with E-state index in [1.807, 2.05) is 24.3 Å². The molecule has 4 rings (SSSR count). The number of halogens is 5. The van der Waals surface area contributed by atoms with E-state index in [4.69, 9.17) is 39.5 Å². The lowest BCUT2D eigenvalue weighted by molar-refractivity contribution is -0.123. The summed E-state index contributed by atoms with van der Waals surface area (Å²) in [6.45, 7) is 0.433. The van der Waals surface area contributed by atoms with E-state index in [1.165, 1.54) is 4.90 Å². The zero-order valence-corrected chi connectivity index (χ0v) is 23.4. The summed E-state index contributed by atoms with van der Waals surface area (Å²) < 4.78 is 7.35. The van der Waals surface area contributed by atoms with Crippen molar-refractivity contribution in [2.45, 2.75) is 13.2 Å². The maximum atomic E-state index is 12.9. The minimum atomic E-state index is -0.378. The number of ether oxygens (including phenoxy) is 1. The summed E-state index contributed by atoms with van der Waals surface area (Å²) in [5.74, 6) is 0.244. The average molecular weight is 663 g/mol. The van der Waals surface area contributed by atoms with Crippen molar-refractivity contribution in [3.63, 3.8) is 0 Å². The van der Waals surface area contributed by atoms with Crippen LogP contribution in [0.2, 0.25) is 15.1 Å². The maximum Gasteiger partial charge on any atom is 0.293 e. The maximum absolute atomic E-state index is 12.9. The van der Waals surface area contributed by atoms with Gasteiger partial charge in [-0.05, 0) is 103 Å². The first-order valence-electron chi connectivity index (χ1n) is 9.77. The monoisotopic (exact) mass is 659 g/mol. The van der Waals surface area contributed by atoms with Crippen molar-refractivity contribution in [3.8, 4) is 5.75 Å². The van der Waals surface area contributed by atoms with E-state index in [1.54, 1.807) is 36.4 Å². The van der Waals surface area contributed by atoms with Gasteiger partial charge in [0.2, 0.25) is 0 Å². The number of thioether (sulfide) groups is 1. The van der Waals surface area contributed by atoms with E-state index in [-0.39, 0.29) is 17.7 Å². The molecule has 0 saturated carbocycles. The topological polar surface area (TPSA) is 46.6 Å². The van der Waals surface area contributed by atoms with E-state index in [9.17, 15) is 9.59 Å². The van der Waals surface area contributed by atoms with Gasteiger partial charge in [-0.2, -0.15) is 0 Å². The zero-order chi connectivity index (χ0) is 24.4. The van der Waals surface area contributed by atoms with Gasteiger partial charge in [0.05, 0.1) is 20.4 Å². The Bertz CT molecular complexity index is 1290. The molecule has 10 heteroatoms. The van der Waals surface area contributed by atoms with E-state index in [0.29, 0.717) is 46.8 Å². The molecule has 2 amide bonds. The van der Waals surface area contributed by atoms with Crippen molar-refractivity contribution >= 4 is 95.6 Å². The van der Waals surface area contributed by atoms with Crippen LogP contribution >= 0.6 is 78.4 Å². The third-order valence-electron chi connectivity index (χ3n) is 4.83. The average Bonchev–Trinajstić information content (AvgIpc) is 3.03. The SMILES string of the molecule is O=C1S/C(=C\c2cc(Br)c(OCc3ccc(Cl)cc3)c(Br)c2)C(=O)N1Cc1ccc(Cl)cc1Cl. The van der Waals surface area contributed by atoms with Crippen molar-refractivity contribution in [2.75, 3.05) is 0 Å².